The first-order valence-electron chi connectivity index (χ1n) is 8.35. The normalized spacial score (nSPS) is 11.7. The van der Waals surface area contributed by atoms with Gasteiger partial charge in [0, 0.05) is 9.75 Å². The molecule has 0 aliphatic rings. The lowest BCUT2D eigenvalue weighted by Gasteiger charge is -2.07. The lowest BCUT2D eigenvalue weighted by Crippen LogP contribution is -1.92. The second-order valence-corrected chi connectivity index (χ2v) is 7.34. The molecular weight excluding hydrogens is 276 g/mol. The molecular formula is C19H30OS. The van der Waals surface area contributed by atoms with Crippen molar-refractivity contribution >= 4 is 23.7 Å². The van der Waals surface area contributed by atoms with Crippen molar-refractivity contribution in [2.24, 2.45) is 0 Å². The first-order chi connectivity index (χ1) is 10.1. The van der Waals surface area contributed by atoms with E-state index in [2.05, 4.69) is 27.7 Å². The Balaban J connectivity index is 2.71. The van der Waals surface area contributed by atoms with E-state index in [1.54, 1.807) is 6.08 Å². The summed E-state index contributed by atoms with van der Waals surface area (Å²) in [7, 11) is 0. The van der Waals surface area contributed by atoms with Crippen LogP contribution in [0.3, 0.4) is 0 Å². The molecule has 1 aromatic rings. The molecule has 0 unspecified atom stereocenters. The van der Waals surface area contributed by atoms with Crippen LogP contribution in [0.1, 0.15) is 86.1 Å². The van der Waals surface area contributed by atoms with Gasteiger partial charge < -0.3 is 0 Å². The van der Waals surface area contributed by atoms with Gasteiger partial charge in [0.15, 0.2) is 0 Å². The van der Waals surface area contributed by atoms with Crippen LogP contribution in [0.4, 0.5) is 0 Å². The Labute approximate surface area is 134 Å². The number of aldehydes is 1. The highest BCUT2D eigenvalue weighted by molar-refractivity contribution is 7.12. The number of hydrogen-bond donors (Lipinski definition) is 0. The monoisotopic (exact) mass is 306 g/mol. The first-order valence-corrected chi connectivity index (χ1v) is 9.17. The van der Waals surface area contributed by atoms with E-state index in [-0.39, 0.29) is 0 Å². The highest BCUT2D eigenvalue weighted by Crippen LogP contribution is 2.35. The second kappa shape index (κ2) is 9.94. The summed E-state index contributed by atoms with van der Waals surface area (Å²) in [6.07, 6.45) is 13.7. The van der Waals surface area contributed by atoms with E-state index in [1.807, 2.05) is 17.4 Å². The smallest absolute Gasteiger partial charge is 0.142 e. The van der Waals surface area contributed by atoms with E-state index in [9.17, 15) is 4.79 Å². The minimum absolute atomic E-state index is 0.526. The zero-order chi connectivity index (χ0) is 15.7. The molecule has 0 bridgehead atoms. The molecule has 0 aromatic carbocycles. The Morgan fingerprint density at radius 1 is 1.10 bits per heavy atom. The number of allylic oxidation sites excluding steroid dienone is 1. The second-order valence-electron chi connectivity index (χ2n) is 6.08. The minimum Gasteiger partial charge on any atom is -0.299 e. The Kier molecular flexibility index (Phi) is 8.60. The van der Waals surface area contributed by atoms with Crippen LogP contribution in [0, 0.1) is 6.92 Å². The van der Waals surface area contributed by atoms with Crippen molar-refractivity contribution in [2.45, 2.75) is 78.6 Å². The SMILES string of the molecule is CCCCCCCCc1c(C)sc(C(C)C)c1/C=C/C=O. The molecule has 0 fully saturated rings. The van der Waals surface area contributed by atoms with Crippen molar-refractivity contribution in [3.8, 4) is 0 Å². The minimum atomic E-state index is 0.526. The average molecular weight is 307 g/mol. The van der Waals surface area contributed by atoms with Crippen molar-refractivity contribution in [1.29, 1.82) is 0 Å². The third-order valence-electron chi connectivity index (χ3n) is 3.92. The summed E-state index contributed by atoms with van der Waals surface area (Å²) >= 11 is 1.90. The molecule has 21 heavy (non-hydrogen) atoms. The molecule has 0 spiro atoms. The van der Waals surface area contributed by atoms with Crippen molar-refractivity contribution in [3.05, 3.63) is 27.0 Å². The van der Waals surface area contributed by atoms with Gasteiger partial charge in [0.1, 0.15) is 6.29 Å². The van der Waals surface area contributed by atoms with Gasteiger partial charge in [-0.2, -0.15) is 0 Å². The van der Waals surface area contributed by atoms with Gasteiger partial charge in [-0.25, -0.2) is 0 Å². The molecule has 0 radical (unpaired) electrons. The summed E-state index contributed by atoms with van der Waals surface area (Å²) in [5, 5.41) is 0. The fraction of sp³-hybridized carbons (Fsp3) is 0.632. The Bertz CT molecular complexity index is 454. The third-order valence-corrected chi connectivity index (χ3v) is 5.39. The van der Waals surface area contributed by atoms with Gasteiger partial charge in [-0.3, -0.25) is 4.79 Å². The van der Waals surface area contributed by atoms with Crippen molar-refractivity contribution in [1.82, 2.24) is 0 Å². The van der Waals surface area contributed by atoms with Crippen LogP contribution in [-0.2, 0) is 11.2 Å². The third kappa shape index (κ3) is 5.78. The van der Waals surface area contributed by atoms with Crippen LogP contribution in [0.5, 0.6) is 0 Å². The van der Waals surface area contributed by atoms with Gasteiger partial charge in [0.25, 0.3) is 0 Å². The molecule has 1 heterocycles. The maximum Gasteiger partial charge on any atom is 0.142 e. The fourth-order valence-electron chi connectivity index (χ4n) is 2.76. The number of carbonyl (C=O) groups excluding carboxylic acids is 1. The van der Waals surface area contributed by atoms with Crippen LogP contribution < -0.4 is 0 Å². The molecule has 0 amide bonds. The largest absolute Gasteiger partial charge is 0.299 e. The lowest BCUT2D eigenvalue weighted by molar-refractivity contribution is -0.104. The van der Waals surface area contributed by atoms with Crippen LogP contribution in [0.2, 0.25) is 0 Å². The topological polar surface area (TPSA) is 17.1 Å². The highest BCUT2D eigenvalue weighted by atomic mass is 32.1. The summed E-state index contributed by atoms with van der Waals surface area (Å²) in [6.45, 7) is 8.95. The summed E-state index contributed by atoms with van der Waals surface area (Å²) in [4.78, 5) is 13.5. The molecule has 1 aromatic heterocycles. The molecule has 1 nitrogen and oxygen atoms in total. The molecule has 1 rings (SSSR count). The van der Waals surface area contributed by atoms with Gasteiger partial charge in [0.05, 0.1) is 0 Å². The average Bonchev–Trinajstić information content (AvgIpc) is 2.77. The summed E-state index contributed by atoms with van der Waals surface area (Å²) in [5.41, 5.74) is 2.78. The highest BCUT2D eigenvalue weighted by Gasteiger charge is 2.15. The Morgan fingerprint density at radius 2 is 1.76 bits per heavy atom. The molecule has 2 heteroatoms. The van der Waals surface area contributed by atoms with Crippen LogP contribution in [-0.4, -0.2) is 6.29 Å². The number of unbranched alkanes of at least 4 members (excludes halogenated alkanes) is 5. The van der Waals surface area contributed by atoms with Crippen LogP contribution in [0.25, 0.3) is 6.08 Å². The predicted octanol–water partition coefficient (Wildman–Crippen LogP) is 6.30. The lowest BCUT2D eigenvalue weighted by atomic mass is 9.97. The Morgan fingerprint density at radius 3 is 2.38 bits per heavy atom. The van der Waals surface area contributed by atoms with E-state index in [4.69, 9.17) is 0 Å². The maximum atomic E-state index is 10.7. The van der Waals surface area contributed by atoms with E-state index < -0.39 is 0 Å². The van der Waals surface area contributed by atoms with E-state index in [1.165, 1.54) is 59.4 Å². The molecule has 0 saturated heterocycles. The molecule has 0 aliphatic carbocycles. The molecule has 0 atom stereocenters. The van der Waals surface area contributed by atoms with Crippen molar-refractivity contribution < 1.29 is 4.79 Å². The maximum absolute atomic E-state index is 10.7. The van der Waals surface area contributed by atoms with Crippen LogP contribution >= 0.6 is 11.3 Å². The number of thiophene rings is 1. The molecule has 118 valence electrons. The van der Waals surface area contributed by atoms with Crippen molar-refractivity contribution in [3.63, 3.8) is 0 Å². The van der Waals surface area contributed by atoms with Gasteiger partial charge >= 0.3 is 0 Å². The molecule has 0 saturated carbocycles. The van der Waals surface area contributed by atoms with E-state index in [0.29, 0.717) is 5.92 Å². The van der Waals surface area contributed by atoms with Crippen molar-refractivity contribution in [2.75, 3.05) is 0 Å². The molecule has 0 aliphatic heterocycles. The van der Waals surface area contributed by atoms with Gasteiger partial charge in [-0.05, 0) is 42.9 Å². The van der Waals surface area contributed by atoms with E-state index >= 15 is 0 Å². The fourth-order valence-corrected chi connectivity index (χ4v) is 3.96. The quantitative estimate of drug-likeness (QED) is 0.282. The Hall–Kier alpha value is -0.890. The van der Waals surface area contributed by atoms with Gasteiger partial charge in [-0.15, -0.1) is 11.3 Å². The summed E-state index contributed by atoms with van der Waals surface area (Å²) in [5.74, 6) is 0.526. The van der Waals surface area contributed by atoms with Gasteiger partial charge in [0.2, 0.25) is 0 Å². The zero-order valence-corrected chi connectivity index (χ0v) is 14.9. The van der Waals surface area contributed by atoms with Gasteiger partial charge in [-0.1, -0.05) is 59.0 Å². The molecule has 0 N–H and O–H groups in total. The summed E-state index contributed by atoms with van der Waals surface area (Å²) < 4.78 is 0. The number of hydrogen-bond acceptors (Lipinski definition) is 2. The number of aryl methyl sites for hydroxylation is 1. The first kappa shape index (κ1) is 18.2. The van der Waals surface area contributed by atoms with E-state index in [0.717, 1.165) is 12.7 Å². The predicted molar refractivity (Wildman–Crippen MR) is 95.3 cm³/mol. The summed E-state index contributed by atoms with van der Waals surface area (Å²) in [6, 6.07) is 0. The number of carbonyl (C=O) groups is 1. The van der Waals surface area contributed by atoms with Crippen LogP contribution in [0.15, 0.2) is 6.08 Å². The number of rotatable bonds is 10. The standard InChI is InChI=1S/C19H30OS/c1-5-6-7-8-9-10-12-17-16(4)21-19(15(2)3)18(17)13-11-14-20/h11,13-15H,5-10,12H2,1-4H3/b13-11+. The zero-order valence-electron chi connectivity index (χ0n) is 14.1.